The first-order valence-corrected chi connectivity index (χ1v) is 8.74. The Morgan fingerprint density at radius 1 is 1.10 bits per heavy atom. The van der Waals surface area contributed by atoms with Crippen LogP contribution in [0.25, 0.3) is 0 Å². The van der Waals surface area contributed by atoms with Gasteiger partial charge in [-0.15, -0.1) is 0 Å². The van der Waals surface area contributed by atoms with Gasteiger partial charge in [-0.2, -0.15) is 0 Å². The first-order valence-electron chi connectivity index (χ1n) is 8.74. The molecule has 21 heavy (non-hydrogen) atoms. The number of amides is 1. The average Bonchev–Trinajstić information content (AvgIpc) is 2.30. The smallest absolute Gasteiger partial charge is 0.222 e. The van der Waals surface area contributed by atoms with Crippen molar-refractivity contribution in [2.75, 3.05) is 6.54 Å². The van der Waals surface area contributed by atoms with Gasteiger partial charge in [0.15, 0.2) is 0 Å². The molecule has 0 aromatic carbocycles. The maximum Gasteiger partial charge on any atom is 0.222 e. The molecule has 0 aliphatic rings. The highest BCUT2D eigenvalue weighted by Gasteiger charge is 2.26. The summed E-state index contributed by atoms with van der Waals surface area (Å²) in [5.74, 6) is 0.996. The Hall–Kier alpha value is -0.530. The first-order chi connectivity index (χ1) is 9.47. The molecule has 0 fully saturated rings. The van der Waals surface area contributed by atoms with E-state index in [0.29, 0.717) is 11.3 Å². The van der Waals surface area contributed by atoms with Crippen LogP contribution < -0.4 is 5.32 Å². The second kappa shape index (κ2) is 8.80. The van der Waals surface area contributed by atoms with Crippen LogP contribution in [0.4, 0.5) is 0 Å². The van der Waals surface area contributed by atoms with Crippen LogP contribution in [0.3, 0.4) is 0 Å². The lowest BCUT2D eigenvalue weighted by molar-refractivity contribution is -0.125. The molecule has 2 heteroatoms. The van der Waals surface area contributed by atoms with E-state index in [2.05, 4.69) is 60.7 Å². The van der Waals surface area contributed by atoms with Gasteiger partial charge < -0.3 is 5.32 Å². The maximum atomic E-state index is 12.3. The fourth-order valence-electron chi connectivity index (χ4n) is 3.38. The van der Waals surface area contributed by atoms with E-state index >= 15 is 0 Å². The third-order valence-electron chi connectivity index (χ3n) is 4.00. The van der Waals surface area contributed by atoms with Crippen LogP contribution in [-0.4, -0.2) is 12.5 Å². The fraction of sp³-hybridized carbons (Fsp3) is 0.947. The van der Waals surface area contributed by atoms with Crippen molar-refractivity contribution in [3.8, 4) is 0 Å². The van der Waals surface area contributed by atoms with Crippen LogP contribution >= 0.6 is 0 Å². The molecular formula is C19H39NO. The molecule has 0 saturated heterocycles. The number of unbranched alkanes of at least 4 members (excludes halogenated alkanes) is 1. The van der Waals surface area contributed by atoms with Gasteiger partial charge in [0.25, 0.3) is 0 Å². The number of hydrogen-bond acceptors (Lipinski definition) is 1. The van der Waals surface area contributed by atoms with Gasteiger partial charge in [0.05, 0.1) is 0 Å². The molecule has 0 aromatic rings. The molecular weight excluding hydrogens is 258 g/mol. The molecule has 0 aliphatic heterocycles. The molecule has 0 saturated carbocycles. The van der Waals surface area contributed by atoms with Crippen LogP contribution in [0.5, 0.6) is 0 Å². The normalized spacial score (nSPS) is 15.6. The Kier molecular flexibility index (Phi) is 8.58. The van der Waals surface area contributed by atoms with Crippen molar-refractivity contribution in [3.05, 3.63) is 0 Å². The van der Waals surface area contributed by atoms with Gasteiger partial charge in [0, 0.05) is 12.5 Å². The maximum absolute atomic E-state index is 12.3. The summed E-state index contributed by atoms with van der Waals surface area (Å²) in [6.07, 6.45) is 5.87. The van der Waals surface area contributed by atoms with Crippen LogP contribution in [0.1, 0.15) is 87.5 Å². The summed E-state index contributed by atoms with van der Waals surface area (Å²) in [6, 6.07) is 0. The largest absolute Gasteiger partial charge is 0.355 e. The van der Waals surface area contributed by atoms with Crippen molar-refractivity contribution in [1.29, 1.82) is 0 Å². The van der Waals surface area contributed by atoms with Gasteiger partial charge in [0.2, 0.25) is 5.91 Å². The monoisotopic (exact) mass is 297 g/mol. The quantitative estimate of drug-likeness (QED) is 0.605. The van der Waals surface area contributed by atoms with Gasteiger partial charge in [0.1, 0.15) is 0 Å². The molecule has 0 spiro atoms. The molecule has 0 aromatic heterocycles. The summed E-state index contributed by atoms with van der Waals surface area (Å²) < 4.78 is 0. The summed E-state index contributed by atoms with van der Waals surface area (Å²) in [5, 5.41) is 3.17. The summed E-state index contributed by atoms with van der Waals surface area (Å²) in [7, 11) is 0. The zero-order valence-electron chi connectivity index (χ0n) is 15.8. The van der Waals surface area contributed by atoms with Crippen molar-refractivity contribution in [2.45, 2.75) is 87.5 Å². The summed E-state index contributed by atoms with van der Waals surface area (Å²) >= 11 is 0. The van der Waals surface area contributed by atoms with Crippen LogP contribution in [0, 0.1) is 22.7 Å². The lowest BCUT2D eigenvalue weighted by Gasteiger charge is -2.33. The summed E-state index contributed by atoms with van der Waals surface area (Å²) in [5.41, 5.74) is 0.454. The zero-order chi connectivity index (χ0) is 16.7. The Morgan fingerprint density at radius 3 is 2.14 bits per heavy atom. The Bertz CT molecular complexity index is 301. The van der Waals surface area contributed by atoms with Crippen LogP contribution in [-0.2, 0) is 4.79 Å². The molecule has 126 valence electrons. The molecule has 2 unspecified atom stereocenters. The second-order valence-corrected chi connectivity index (χ2v) is 9.00. The van der Waals surface area contributed by atoms with Gasteiger partial charge >= 0.3 is 0 Å². The highest BCUT2D eigenvalue weighted by Crippen LogP contribution is 2.32. The lowest BCUT2D eigenvalue weighted by Crippen LogP contribution is -2.38. The minimum absolute atomic E-state index is 0.127. The van der Waals surface area contributed by atoms with Gasteiger partial charge in [-0.25, -0.2) is 0 Å². The van der Waals surface area contributed by atoms with E-state index < -0.39 is 0 Å². The number of carbonyl (C=O) groups is 1. The van der Waals surface area contributed by atoms with Crippen molar-refractivity contribution in [2.24, 2.45) is 22.7 Å². The Labute approximate surface area is 133 Å². The topological polar surface area (TPSA) is 29.1 Å². The highest BCUT2D eigenvalue weighted by atomic mass is 16.1. The van der Waals surface area contributed by atoms with E-state index in [1.807, 2.05) is 0 Å². The van der Waals surface area contributed by atoms with Gasteiger partial charge in [-0.1, -0.05) is 74.7 Å². The third-order valence-corrected chi connectivity index (χ3v) is 4.00. The van der Waals surface area contributed by atoms with Crippen LogP contribution in [0.15, 0.2) is 0 Å². The predicted octanol–water partition coefficient (Wildman–Crippen LogP) is 5.42. The lowest BCUT2D eigenvalue weighted by atomic mass is 9.76. The molecule has 1 amide bonds. The number of nitrogens with one attached hydrogen (secondary N) is 1. The van der Waals surface area contributed by atoms with Crippen molar-refractivity contribution in [3.63, 3.8) is 0 Å². The van der Waals surface area contributed by atoms with Crippen molar-refractivity contribution >= 4 is 5.91 Å². The van der Waals surface area contributed by atoms with E-state index in [1.165, 1.54) is 19.3 Å². The molecule has 2 nitrogen and oxygen atoms in total. The number of carbonyl (C=O) groups excluding carboxylic acids is 1. The Morgan fingerprint density at radius 2 is 1.67 bits per heavy atom. The van der Waals surface area contributed by atoms with Crippen molar-refractivity contribution in [1.82, 2.24) is 5.32 Å². The molecule has 0 heterocycles. The van der Waals surface area contributed by atoms with E-state index in [9.17, 15) is 4.79 Å². The minimum atomic E-state index is 0.127. The molecule has 2 atom stereocenters. The average molecular weight is 298 g/mol. The first kappa shape index (κ1) is 20.5. The zero-order valence-corrected chi connectivity index (χ0v) is 15.8. The Balaban J connectivity index is 4.18. The molecule has 0 bridgehead atoms. The third kappa shape index (κ3) is 10.8. The molecule has 1 N–H and O–H groups in total. The standard InChI is InChI=1S/C19H39NO/c1-9-10-11-15(2)12-16(3)17(21)20-14-19(7,8)13-18(4,5)6/h15-16H,9-14H2,1-8H3,(H,20,21). The molecule has 0 radical (unpaired) electrons. The summed E-state index contributed by atoms with van der Waals surface area (Å²) in [6.45, 7) is 18.6. The minimum Gasteiger partial charge on any atom is -0.355 e. The number of hydrogen-bond donors (Lipinski definition) is 1. The number of rotatable bonds is 9. The van der Waals surface area contributed by atoms with E-state index in [4.69, 9.17) is 0 Å². The predicted molar refractivity (Wildman–Crippen MR) is 93.3 cm³/mol. The summed E-state index contributed by atoms with van der Waals surface area (Å²) in [4.78, 5) is 12.3. The van der Waals surface area contributed by atoms with Gasteiger partial charge in [-0.3, -0.25) is 4.79 Å². The second-order valence-electron chi connectivity index (χ2n) is 9.00. The SMILES string of the molecule is CCCCC(C)CC(C)C(=O)NCC(C)(C)CC(C)(C)C. The van der Waals surface area contributed by atoms with Crippen LogP contribution in [0.2, 0.25) is 0 Å². The van der Waals surface area contributed by atoms with E-state index in [-0.39, 0.29) is 17.2 Å². The molecule has 0 rings (SSSR count). The van der Waals surface area contributed by atoms with Crippen molar-refractivity contribution < 1.29 is 4.79 Å². The molecule has 0 aliphatic carbocycles. The fourth-order valence-corrected chi connectivity index (χ4v) is 3.38. The van der Waals surface area contributed by atoms with E-state index in [1.54, 1.807) is 0 Å². The van der Waals surface area contributed by atoms with Gasteiger partial charge in [-0.05, 0) is 29.6 Å². The highest BCUT2D eigenvalue weighted by molar-refractivity contribution is 5.78. The van der Waals surface area contributed by atoms with E-state index in [0.717, 1.165) is 19.4 Å².